The molecule has 208 valence electrons. The maximum absolute atomic E-state index is 13.4. The number of hydrogen-bond donors (Lipinski definition) is 1. The molecule has 1 aliphatic carbocycles. The zero-order chi connectivity index (χ0) is 27.9. The van der Waals surface area contributed by atoms with E-state index in [9.17, 15) is 9.00 Å². The average Bonchev–Trinajstić information content (AvgIpc) is 3.56. The predicted molar refractivity (Wildman–Crippen MR) is 164 cm³/mol. The van der Waals surface area contributed by atoms with E-state index in [4.69, 9.17) is 0 Å². The van der Waals surface area contributed by atoms with Gasteiger partial charge in [0.2, 0.25) is 0 Å². The number of nitrogens with zero attached hydrogens (tertiary/aromatic N) is 3. The van der Waals surface area contributed by atoms with E-state index in [2.05, 4.69) is 83.2 Å². The topological polar surface area (TPSA) is 74.7 Å². The van der Waals surface area contributed by atoms with Gasteiger partial charge in [-0.05, 0) is 85.3 Å². The van der Waals surface area contributed by atoms with Crippen LogP contribution in [0.3, 0.4) is 0 Å². The Balaban J connectivity index is 1.51. The lowest BCUT2D eigenvalue weighted by molar-refractivity contribution is 0.102. The highest BCUT2D eigenvalue weighted by atomic mass is 79.9. The fourth-order valence-corrected chi connectivity index (χ4v) is 9.49. The Hall–Kier alpha value is -1.71. The van der Waals surface area contributed by atoms with Crippen LogP contribution in [0.4, 0.5) is 11.5 Å². The molecular formula is C29H42BrN4O2SSi-. The van der Waals surface area contributed by atoms with E-state index in [1.165, 1.54) is 25.7 Å². The molecule has 2 aliphatic rings. The number of hydrogen-bond acceptors (Lipinski definition) is 6. The molecule has 38 heavy (non-hydrogen) atoms. The van der Waals surface area contributed by atoms with E-state index in [0.717, 1.165) is 29.3 Å². The third-order valence-corrected chi connectivity index (χ3v) is 16.3. The Bertz CT molecular complexity index is 1280. The van der Waals surface area contributed by atoms with Crippen LogP contribution >= 0.6 is 15.9 Å². The number of pyridine rings is 1. The van der Waals surface area contributed by atoms with Crippen molar-refractivity contribution < 1.29 is 9.00 Å². The fraction of sp³-hybridized carbons (Fsp3) is 0.586. The molecule has 1 amide bonds. The highest BCUT2D eigenvalue weighted by Gasteiger charge is 2.44. The van der Waals surface area contributed by atoms with Crippen molar-refractivity contribution in [2.75, 3.05) is 23.3 Å². The molecule has 0 radical (unpaired) electrons. The van der Waals surface area contributed by atoms with Crippen molar-refractivity contribution in [3.8, 4) is 0 Å². The molecule has 1 aromatic heterocycles. The number of carbonyl (C=O) groups is 1. The molecule has 0 unspecified atom stereocenters. The maximum atomic E-state index is 13.4. The number of carbonyl (C=O) groups excluding carboxylic acids is 1. The van der Waals surface area contributed by atoms with Gasteiger partial charge in [0.15, 0.2) is 0 Å². The van der Waals surface area contributed by atoms with Gasteiger partial charge in [-0.15, -0.1) is 10.6 Å². The minimum absolute atomic E-state index is 0.218. The van der Waals surface area contributed by atoms with Gasteiger partial charge in [0.25, 0.3) is 5.91 Å². The van der Waals surface area contributed by atoms with E-state index in [1.54, 1.807) is 18.2 Å². The van der Waals surface area contributed by atoms with Gasteiger partial charge in [-0.1, -0.05) is 61.9 Å². The number of piperidine rings is 1. The van der Waals surface area contributed by atoms with Crippen molar-refractivity contribution in [1.82, 2.24) is 4.98 Å². The van der Waals surface area contributed by atoms with E-state index in [0.29, 0.717) is 21.8 Å². The predicted octanol–water partition coefficient (Wildman–Crippen LogP) is 8.27. The van der Waals surface area contributed by atoms with E-state index in [1.807, 2.05) is 18.2 Å². The average molecular weight is 619 g/mol. The molecule has 0 atom stereocenters. The number of aromatic nitrogens is 1. The summed E-state index contributed by atoms with van der Waals surface area (Å²) in [6, 6.07) is 11.9. The van der Waals surface area contributed by atoms with E-state index >= 15 is 0 Å². The SMILES string of the molecule is CC(C)(C[Si](C)(C)C(C)(C)C)N=[S-](=O)c1cccc(NC(=O)c2ccc(Br)cc2N2CCC3(CC2)CC3)n1. The number of anilines is 2. The van der Waals surface area contributed by atoms with Crippen molar-refractivity contribution in [2.24, 2.45) is 9.78 Å². The third kappa shape index (κ3) is 6.88. The zero-order valence-electron chi connectivity index (χ0n) is 23.9. The number of benzene rings is 1. The van der Waals surface area contributed by atoms with Crippen molar-refractivity contribution >= 4 is 52.0 Å². The number of rotatable bonds is 7. The number of nitrogens with one attached hydrogen (secondary N) is 1. The monoisotopic (exact) mass is 617 g/mol. The molecule has 6 nitrogen and oxygen atoms in total. The summed E-state index contributed by atoms with van der Waals surface area (Å²) < 4.78 is 18.9. The first-order valence-corrected chi connectivity index (χ1v) is 18.7. The van der Waals surface area contributed by atoms with Crippen LogP contribution in [-0.2, 0) is 14.8 Å². The van der Waals surface area contributed by atoms with Gasteiger partial charge < -0.3 is 18.8 Å². The molecule has 1 aromatic carbocycles. The molecule has 1 spiro atoms. The summed E-state index contributed by atoms with van der Waals surface area (Å²) in [5, 5.41) is 3.52. The van der Waals surface area contributed by atoms with Crippen molar-refractivity contribution in [3.05, 3.63) is 46.4 Å². The van der Waals surface area contributed by atoms with Crippen LogP contribution in [0.5, 0.6) is 0 Å². The smallest absolute Gasteiger partial charge is 0.258 e. The summed E-state index contributed by atoms with van der Waals surface area (Å²) in [5.41, 5.74) is 1.69. The van der Waals surface area contributed by atoms with Gasteiger partial charge in [-0.2, -0.15) is 0 Å². The zero-order valence-corrected chi connectivity index (χ0v) is 27.3. The van der Waals surface area contributed by atoms with Gasteiger partial charge in [0, 0.05) is 23.1 Å². The van der Waals surface area contributed by atoms with Gasteiger partial charge in [0.1, 0.15) is 5.82 Å². The van der Waals surface area contributed by atoms with Crippen molar-refractivity contribution in [3.63, 3.8) is 0 Å². The summed E-state index contributed by atoms with van der Waals surface area (Å²) in [5.74, 6) is 0.160. The van der Waals surface area contributed by atoms with Gasteiger partial charge in [0.05, 0.1) is 19.3 Å². The van der Waals surface area contributed by atoms with E-state index < -0.39 is 24.2 Å². The number of amides is 1. The van der Waals surface area contributed by atoms with Gasteiger partial charge >= 0.3 is 0 Å². The highest BCUT2D eigenvalue weighted by Crippen LogP contribution is 2.54. The molecule has 1 N–H and O–H groups in total. The van der Waals surface area contributed by atoms with Crippen molar-refractivity contribution in [2.45, 2.75) is 95.0 Å². The van der Waals surface area contributed by atoms with E-state index in [-0.39, 0.29) is 10.9 Å². The standard InChI is InChI=1S/C29H42BrN4O2SSi/c1-27(2,3)38(6,7)20-28(4,5)33-37(36)25-10-8-9-24(31-25)32-26(35)22-12-11-21(30)19-23(22)34-17-15-29(13-14-29)16-18-34/h8-12,19H,13-18,20H2,1-7H3,(H,31,32,35)/q-1. The molecular weight excluding hydrogens is 576 g/mol. The first kappa shape index (κ1) is 29.3. The summed E-state index contributed by atoms with van der Waals surface area (Å²) in [7, 11) is -3.25. The van der Waals surface area contributed by atoms with Crippen molar-refractivity contribution in [1.29, 1.82) is 0 Å². The first-order chi connectivity index (χ1) is 17.6. The lowest BCUT2D eigenvalue weighted by Crippen LogP contribution is -2.42. The Morgan fingerprint density at radius 2 is 1.76 bits per heavy atom. The normalized spacial score (nSPS) is 18.5. The van der Waals surface area contributed by atoms with Crippen LogP contribution in [0.2, 0.25) is 24.2 Å². The molecule has 4 rings (SSSR count). The highest BCUT2D eigenvalue weighted by molar-refractivity contribution is 9.10. The molecule has 2 heterocycles. The Morgan fingerprint density at radius 1 is 1.11 bits per heavy atom. The summed E-state index contributed by atoms with van der Waals surface area (Å²) in [6.45, 7) is 17.6. The lowest BCUT2D eigenvalue weighted by atomic mass is 9.93. The first-order valence-electron chi connectivity index (χ1n) is 13.6. The Kier molecular flexibility index (Phi) is 8.24. The Labute approximate surface area is 239 Å². The van der Waals surface area contributed by atoms with Crippen LogP contribution in [0.15, 0.2) is 50.3 Å². The second-order valence-corrected chi connectivity index (χ2v) is 21.1. The largest absolute Gasteiger partial charge is 0.439 e. The minimum Gasteiger partial charge on any atom is -0.439 e. The maximum Gasteiger partial charge on any atom is 0.258 e. The Morgan fingerprint density at radius 3 is 2.37 bits per heavy atom. The second kappa shape index (κ2) is 10.7. The third-order valence-electron chi connectivity index (χ3n) is 8.71. The quantitative estimate of drug-likeness (QED) is 0.250. The van der Waals surface area contributed by atoms with Gasteiger partial charge in [-0.3, -0.25) is 9.78 Å². The molecule has 2 fully saturated rings. The summed E-state index contributed by atoms with van der Waals surface area (Å²) >= 11 is 3.58. The van der Waals surface area contributed by atoms with Gasteiger partial charge in [-0.25, -0.2) is 0 Å². The molecule has 1 saturated carbocycles. The molecule has 2 aromatic rings. The van der Waals surface area contributed by atoms with Crippen LogP contribution in [-0.4, -0.2) is 37.6 Å². The van der Waals surface area contributed by atoms with Crippen LogP contribution in [0.1, 0.15) is 70.7 Å². The van der Waals surface area contributed by atoms with Crippen LogP contribution < -0.4 is 10.2 Å². The molecule has 9 heteroatoms. The lowest BCUT2D eigenvalue weighted by Gasteiger charge is -2.42. The molecule has 0 bridgehead atoms. The summed E-state index contributed by atoms with van der Waals surface area (Å²) in [6.07, 6.45) is 5.06. The second-order valence-electron chi connectivity index (χ2n) is 13.4. The minimum atomic E-state index is -1.63. The number of halogens is 1. The van der Waals surface area contributed by atoms with Crippen LogP contribution in [0, 0.1) is 5.41 Å². The molecule has 1 saturated heterocycles. The fourth-order valence-electron chi connectivity index (χ4n) is 5.27. The molecule has 1 aliphatic heterocycles. The van der Waals surface area contributed by atoms with Crippen LogP contribution in [0.25, 0.3) is 0 Å². The summed E-state index contributed by atoms with van der Waals surface area (Å²) in [4.78, 5) is 20.2.